The number of halogens is 1. The molecule has 1 saturated heterocycles. The number of nitrogens with zero attached hydrogens (tertiary/aromatic N) is 3. The summed E-state index contributed by atoms with van der Waals surface area (Å²) in [5, 5.41) is 3.56. The van der Waals surface area contributed by atoms with Crippen molar-refractivity contribution >= 4 is 18.2 Å². The second-order valence-corrected chi connectivity index (χ2v) is 6.10. The topological polar surface area (TPSA) is 40.6 Å². The highest BCUT2D eigenvalue weighted by Gasteiger charge is 2.20. The maximum Gasteiger partial charge on any atom is 0.128 e. The molecule has 0 aromatic carbocycles. The normalized spacial score (nSPS) is 22.2. The molecule has 0 spiro atoms. The average molecular weight is 329 g/mol. The number of nitrogens with one attached hydrogen (secondary N) is 1. The van der Waals surface area contributed by atoms with Gasteiger partial charge in [0, 0.05) is 58.6 Å². The molecule has 0 aliphatic carbocycles. The predicted octanol–water partition coefficient (Wildman–Crippen LogP) is 1.77. The number of piperazine rings is 1. The van der Waals surface area contributed by atoms with Crippen LogP contribution in [0.15, 0.2) is 18.3 Å². The van der Waals surface area contributed by atoms with Gasteiger partial charge in [0.25, 0.3) is 0 Å². The molecule has 1 aromatic heterocycles. The van der Waals surface area contributed by atoms with Crippen LogP contribution in [0.5, 0.6) is 0 Å². The van der Waals surface area contributed by atoms with Crippen LogP contribution in [-0.2, 0) is 11.3 Å². The van der Waals surface area contributed by atoms with Crippen LogP contribution in [0.4, 0.5) is 5.82 Å². The largest absolute Gasteiger partial charge is 0.383 e. The van der Waals surface area contributed by atoms with Crippen molar-refractivity contribution < 1.29 is 4.74 Å². The molecule has 2 unspecified atom stereocenters. The fraction of sp³-hybridized carbons (Fsp3) is 0.688. The van der Waals surface area contributed by atoms with Crippen LogP contribution >= 0.6 is 12.4 Å². The van der Waals surface area contributed by atoms with E-state index in [1.807, 2.05) is 13.2 Å². The first kappa shape index (κ1) is 19.2. The monoisotopic (exact) mass is 328 g/mol. The lowest BCUT2D eigenvalue weighted by Crippen LogP contribution is -2.53. The fourth-order valence-corrected chi connectivity index (χ4v) is 2.91. The zero-order chi connectivity index (χ0) is 15.2. The molecule has 126 valence electrons. The minimum Gasteiger partial charge on any atom is -0.383 e. The van der Waals surface area contributed by atoms with E-state index < -0.39 is 0 Å². The number of aromatic nitrogens is 1. The highest BCUT2D eigenvalue weighted by molar-refractivity contribution is 5.85. The summed E-state index contributed by atoms with van der Waals surface area (Å²) >= 11 is 0. The first-order chi connectivity index (χ1) is 10.1. The zero-order valence-electron chi connectivity index (χ0n) is 14.1. The van der Waals surface area contributed by atoms with Crippen LogP contribution in [0.3, 0.4) is 0 Å². The van der Waals surface area contributed by atoms with Crippen LogP contribution < -0.4 is 10.2 Å². The van der Waals surface area contributed by atoms with Crippen molar-refractivity contribution in [3.05, 3.63) is 23.9 Å². The van der Waals surface area contributed by atoms with Gasteiger partial charge in [0.1, 0.15) is 5.82 Å². The summed E-state index contributed by atoms with van der Waals surface area (Å²) in [5.41, 5.74) is 1.28. The Bertz CT molecular complexity index is 419. The Hall–Kier alpha value is -0.880. The SMILES string of the molecule is COCCN(C)c1ccc(CN2CC(C)NC(C)C2)cn1.Cl. The van der Waals surface area contributed by atoms with Crippen LogP contribution in [0, 0.1) is 0 Å². The Morgan fingerprint density at radius 2 is 2.00 bits per heavy atom. The molecule has 2 heterocycles. The summed E-state index contributed by atoms with van der Waals surface area (Å²) in [5.74, 6) is 0.998. The Balaban J connectivity index is 0.00000242. The molecule has 5 nitrogen and oxygen atoms in total. The molecule has 22 heavy (non-hydrogen) atoms. The number of ether oxygens (including phenoxy) is 1. The van der Waals surface area contributed by atoms with Gasteiger partial charge in [-0.25, -0.2) is 4.98 Å². The van der Waals surface area contributed by atoms with Crippen LogP contribution in [0.1, 0.15) is 19.4 Å². The number of methoxy groups -OCH3 is 1. The number of rotatable bonds is 6. The number of hydrogen-bond acceptors (Lipinski definition) is 5. The van der Waals surface area contributed by atoms with E-state index in [2.05, 4.69) is 46.1 Å². The number of likely N-dealkylation sites (N-methyl/N-ethyl adjacent to an activating group) is 1. The molecule has 1 N–H and O–H groups in total. The van der Waals surface area contributed by atoms with Crippen molar-refractivity contribution in [1.82, 2.24) is 15.2 Å². The highest BCUT2D eigenvalue weighted by atomic mass is 35.5. The third-order valence-corrected chi connectivity index (χ3v) is 3.87. The summed E-state index contributed by atoms with van der Waals surface area (Å²) in [6.07, 6.45) is 2.00. The second-order valence-electron chi connectivity index (χ2n) is 6.10. The van der Waals surface area contributed by atoms with Crippen LogP contribution in [-0.4, -0.2) is 62.4 Å². The fourth-order valence-electron chi connectivity index (χ4n) is 2.91. The van der Waals surface area contributed by atoms with E-state index in [4.69, 9.17) is 4.74 Å². The van der Waals surface area contributed by atoms with Gasteiger partial charge < -0.3 is 15.0 Å². The van der Waals surface area contributed by atoms with Gasteiger partial charge in [0.2, 0.25) is 0 Å². The van der Waals surface area contributed by atoms with Gasteiger partial charge in [-0.3, -0.25) is 4.90 Å². The average Bonchev–Trinajstić information content (AvgIpc) is 2.44. The van der Waals surface area contributed by atoms with Gasteiger partial charge in [0.15, 0.2) is 0 Å². The first-order valence-electron chi connectivity index (χ1n) is 7.72. The van der Waals surface area contributed by atoms with Gasteiger partial charge in [-0.2, -0.15) is 0 Å². The zero-order valence-corrected chi connectivity index (χ0v) is 14.9. The molecule has 1 aliphatic heterocycles. The van der Waals surface area contributed by atoms with Gasteiger partial charge >= 0.3 is 0 Å². The third kappa shape index (κ3) is 5.72. The maximum atomic E-state index is 5.10. The molecule has 2 rings (SSSR count). The second kappa shape index (κ2) is 9.30. The maximum absolute atomic E-state index is 5.10. The van der Waals surface area contributed by atoms with Crippen molar-refractivity contribution in [2.75, 3.05) is 45.3 Å². The van der Waals surface area contributed by atoms with Crippen LogP contribution in [0.25, 0.3) is 0 Å². The number of anilines is 1. The first-order valence-corrected chi connectivity index (χ1v) is 7.72. The van der Waals surface area contributed by atoms with Crippen molar-refractivity contribution in [2.45, 2.75) is 32.5 Å². The van der Waals surface area contributed by atoms with Gasteiger partial charge in [-0.15, -0.1) is 12.4 Å². The van der Waals surface area contributed by atoms with Gasteiger partial charge in [-0.05, 0) is 25.5 Å². The van der Waals surface area contributed by atoms with Crippen molar-refractivity contribution in [1.29, 1.82) is 0 Å². The summed E-state index contributed by atoms with van der Waals surface area (Å²) in [6, 6.07) is 5.39. The molecule has 0 bridgehead atoms. The molecule has 0 saturated carbocycles. The number of hydrogen-bond donors (Lipinski definition) is 1. The smallest absolute Gasteiger partial charge is 0.128 e. The van der Waals surface area contributed by atoms with Crippen LogP contribution in [0.2, 0.25) is 0 Å². The minimum absolute atomic E-state index is 0. The van der Waals surface area contributed by atoms with Crippen molar-refractivity contribution in [2.24, 2.45) is 0 Å². The third-order valence-electron chi connectivity index (χ3n) is 3.87. The summed E-state index contributed by atoms with van der Waals surface area (Å²) < 4.78 is 5.10. The molecular weight excluding hydrogens is 300 g/mol. The molecule has 1 aliphatic rings. The molecule has 0 amide bonds. The minimum atomic E-state index is 0. The summed E-state index contributed by atoms with van der Waals surface area (Å²) in [6.45, 7) is 9.24. The number of pyridine rings is 1. The van der Waals surface area contributed by atoms with E-state index in [1.54, 1.807) is 7.11 Å². The quantitative estimate of drug-likeness (QED) is 0.862. The van der Waals surface area contributed by atoms with E-state index >= 15 is 0 Å². The molecule has 6 heteroatoms. The predicted molar refractivity (Wildman–Crippen MR) is 94.0 cm³/mol. The lowest BCUT2D eigenvalue weighted by Gasteiger charge is -2.36. The van der Waals surface area contributed by atoms with E-state index in [0.717, 1.165) is 38.6 Å². The lowest BCUT2D eigenvalue weighted by atomic mass is 10.1. The standard InChI is InChI=1S/C16H28N4O.ClH/c1-13-10-20(11-14(2)18-13)12-15-5-6-16(17-9-15)19(3)7-8-21-4;/h5-6,9,13-14,18H,7-8,10-12H2,1-4H3;1H. The summed E-state index contributed by atoms with van der Waals surface area (Å²) in [7, 11) is 3.76. The highest BCUT2D eigenvalue weighted by Crippen LogP contribution is 2.13. The van der Waals surface area contributed by atoms with E-state index in [1.165, 1.54) is 5.56 Å². The molecule has 1 fully saturated rings. The Morgan fingerprint density at radius 3 is 2.55 bits per heavy atom. The molecule has 0 radical (unpaired) electrons. The lowest BCUT2D eigenvalue weighted by molar-refractivity contribution is 0.166. The van der Waals surface area contributed by atoms with Gasteiger partial charge in [-0.1, -0.05) is 6.07 Å². The molecular formula is C16H29ClN4O. The van der Waals surface area contributed by atoms with Crippen molar-refractivity contribution in [3.8, 4) is 0 Å². The molecule has 1 aromatic rings. The van der Waals surface area contributed by atoms with E-state index in [9.17, 15) is 0 Å². The Kier molecular flexibility index (Phi) is 8.10. The van der Waals surface area contributed by atoms with E-state index in [0.29, 0.717) is 12.1 Å². The van der Waals surface area contributed by atoms with E-state index in [-0.39, 0.29) is 12.4 Å². The summed E-state index contributed by atoms with van der Waals surface area (Å²) in [4.78, 5) is 9.17. The molecule has 2 atom stereocenters. The Labute approximate surface area is 140 Å². The van der Waals surface area contributed by atoms with Crippen molar-refractivity contribution in [3.63, 3.8) is 0 Å². The van der Waals surface area contributed by atoms with Gasteiger partial charge in [0.05, 0.1) is 6.61 Å². The Morgan fingerprint density at radius 1 is 1.32 bits per heavy atom.